The summed E-state index contributed by atoms with van der Waals surface area (Å²) in [6.45, 7) is 6.68. The number of benzene rings is 2. The Bertz CT molecular complexity index is 1360. The fourth-order valence-electron chi connectivity index (χ4n) is 3.85. The molecule has 4 rings (SSSR count). The number of rotatable bonds is 7. The van der Waals surface area contributed by atoms with Gasteiger partial charge in [-0.1, -0.05) is 30.8 Å². The largest absolute Gasteiger partial charge is 0.386 e. The molecule has 0 aliphatic heterocycles. The monoisotopic (exact) mass is 418 g/mol. The zero-order valence-electron chi connectivity index (χ0n) is 17.7. The Kier molecular flexibility index (Phi) is 5.35. The van der Waals surface area contributed by atoms with E-state index in [-0.39, 0.29) is 5.69 Å². The van der Waals surface area contributed by atoms with Crippen LogP contribution in [-0.4, -0.2) is 36.7 Å². The molecule has 0 saturated heterocycles. The molecule has 4 aromatic rings. The van der Waals surface area contributed by atoms with E-state index in [1.165, 1.54) is 5.12 Å². The number of allylic oxidation sites excluding steroid dienone is 1. The number of aromatic nitrogens is 4. The lowest BCUT2D eigenvalue weighted by Gasteiger charge is -2.11. The van der Waals surface area contributed by atoms with Gasteiger partial charge in [0, 0.05) is 25.7 Å². The summed E-state index contributed by atoms with van der Waals surface area (Å²) in [6.07, 6.45) is 0.497. The van der Waals surface area contributed by atoms with Crippen LogP contribution >= 0.6 is 0 Å². The molecular weight excluding hydrogens is 392 g/mol. The van der Waals surface area contributed by atoms with Crippen molar-refractivity contribution in [2.45, 2.75) is 26.4 Å². The van der Waals surface area contributed by atoms with Gasteiger partial charge in [0.25, 0.3) is 0 Å². The third-order valence-corrected chi connectivity index (χ3v) is 5.13. The van der Waals surface area contributed by atoms with Gasteiger partial charge in [-0.25, -0.2) is 20.7 Å². The topological polar surface area (TPSA) is 112 Å². The van der Waals surface area contributed by atoms with Gasteiger partial charge in [-0.15, -0.1) is 5.10 Å². The molecule has 2 aromatic carbocycles. The van der Waals surface area contributed by atoms with E-state index in [0.29, 0.717) is 31.0 Å². The molecule has 0 aliphatic rings. The van der Waals surface area contributed by atoms with Crippen molar-refractivity contribution >= 4 is 33.6 Å². The van der Waals surface area contributed by atoms with Crippen LogP contribution in [0.4, 0.5) is 0 Å². The second-order valence-electron chi connectivity index (χ2n) is 7.51. The van der Waals surface area contributed by atoms with Gasteiger partial charge in [0.2, 0.25) is 0 Å². The number of nitrogens with two attached hydrogens (primary N) is 2. The molecular formula is C22H26N8O. The Morgan fingerprint density at radius 1 is 1.10 bits per heavy atom. The van der Waals surface area contributed by atoms with E-state index in [0.717, 1.165) is 27.9 Å². The Morgan fingerprint density at radius 3 is 2.42 bits per heavy atom. The summed E-state index contributed by atoms with van der Waals surface area (Å²) in [5, 5.41) is 5.24. The van der Waals surface area contributed by atoms with Crippen LogP contribution in [0.15, 0.2) is 65.0 Å². The number of para-hydroxylation sites is 4. The van der Waals surface area contributed by atoms with Crippen molar-refractivity contribution in [3.8, 4) is 0 Å². The average Bonchev–Trinajstić information content (AvgIpc) is 3.21. The zero-order chi connectivity index (χ0) is 22.1. The maximum absolute atomic E-state index is 13.2. The number of imidazole rings is 2. The second-order valence-corrected chi connectivity index (χ2v) is 7.51. The molecule has 0 amide bonds. The van der Waals surface area contributed by atoms with Crippen LogP contribution in [0.3, 0.4) is 0 Å². The lowest BCUT2D eigenvalue weighted by Crippen LogP contribution is -2.27. The van der Waals surface area contributed by atoms with Crippen molar-refractivity contribution in [1.82, 2.24) is 23.8 Å². The van der Waals surface area contributed by atoms with Crippen LogP contribution in [-0.2, 0) is 13.1 Å². The summed E-state index contributed by atoms with van der Waals surface area (Å²) in [6, 6.07) is 15.6. The highest BCUT2D eigenvalue weighted by molar-refractivity contribution is 5.81. The molecule has 9 heteroatoms. The molecule has 4 N–H and O–H groups in total. The van der Waals surface area contributed by atoms with E-state index in [9.17, 15) is 4.79 Å². The number of hydrazine groups is 1. The highest BCUT2D eigenvalue weighted by atomic mass is 16.1. The highest BCUT2D eigenvalue weighted by Crippen LogP contribution is 2.20. The Balaban J connectivity index is 1.80. The molecule has 31 heavy (non-hydrogen) atoms. The van der Waals surface area contributed by atoms with Crippen molar-refractivity contribution in [3.63, 3.8) is 0 Å². The Morgan fingerprint density at radius 2 is 1.74 bits per heavy atom. The van der Waals surface area contributed by atoms with Crippen molar-refractivity contribution in [1.29, 1.82) is 0 Å². The fourth-order valence-corrected chi connectivity index (χ4v) is 3.85. The quantitative estimate of drug-likeness (QED) is 0.207. The van der Waals surface area contributed by atoms with E-state index in [1.807, 2.05) is 55.5 Å². The molecule has 0 unspecified atom stereocenters. The Hall–Kier alpha value is -3.85. The first kappa shape index (κ1) is 20.4. The lowest BCUT2D eigenvalue weighted by atomic mass is 10.3. The fraction of sp³-hybridized carbons (Fsp3) is 0.227. The number of nitrogens with zero attached hydrogens (tertiary/aromatic N) is 6. The highest BCUT2D eigenvalue weighted by Gasteiger charge is 2.17. The average molecular weight is 419 g/mol. The maximum Gasteiger partial charge on any atom is 0.333 e. The molecule has 2 aromatic heterocycles. The van der Waals surface area contributed by atoms with Gasteiger partial charge in [0.05, 0.1) is 28.6 Å². The van der Waals surface area contributed by atoms with Gasteiger partial charge >= 0.3 is 5.69 Å². The number of aryl methyl sites for hydroxylation is 1. The molecule has 0 spiro atoms. The van der Waals surface area contributed by atoms with Crippen LogP contribution in [0.2, 0.25) is 0 Å². The van der Waals surface area contributed by atoms with Crippen LogP contribution < -0.4 is 17.3 Å². The summed E-state index contributed by atoms with van der Waals surface area (Å²) < 4.78 is 5.43. The van der Waals surface area contributed by atoms with Gasteiger partial charge in [0.15, 0.2) is 0 Å². The normalized spacial score (nSPS) is 12.0. The van der Waals surface area contributed by atoms with Crippen molar-refractivity contribution in [3.05, 3.63) is 71.4 Å². The minimum atomic E-state index is -0.141. The molecule has 160 valence electrons. The van der Waals surface area contributed by atoms with Gasteiger partial charge in [-0.2, -0.15) is 0 Å². The number of fused-ring (bicyclic) bond motifs is 2. The molecule has 0 aliphatic carbocycles. The molecule has 0 bridgehead atoms. The third-order valence-electron chi connectivity index (χ3n) is 5.13. The zero-order valence-corrected chi connectivity index (χ0v) is 17.7. The lowest BCUT2D eigenvalue weighted by molar-refractivity contribution is 0.369. The van der Waals surface area contributed by atoms with Crippen molar-refractivity contribution < 1.29 is 0 Å². The first-order chi connectivity index (χ1) is 14.9. The predicted octanol–water partition coefficient (Wildman–Crippen LogP) is 2.16. The van der Waals surface area contributed by atoms with Crippen LogP contribution in [0, 0.1) is 0 Å². The summed E-state index contributed by atoms with van der Waals surface area (Å²) in [5.74, 6) is 6.75. The minimum Gasteiger partial charge on any atom is -0.386 e. The molecule has 9 nitrogen and oxygen atoms in total. The standard InChI is InChI=1S/C22H26N8O/c1-15(2)30-19-11-7-6-10-18(19)29(22(30)31)14-21-25-16-8-4-5-9-17(16)28(21)13-12-20(23)26-27(3)24/h4-11H,1,12-14,24H2,2-3H3,(H2,23,26). The van der Waals surface area contributed by atoms with Gasteiger partial charge in [0.1, 0.15) is 11.7 Å². The van der Waals surface area contributed by atoms with E-state index < -0.39 is 0 Å². The first-order valence-corrected chi connectivity index (χ1v) is 9.98. The van der Waals surface area contributed by atoms with Crippen LogP contribution in [0.25, 0.3) is 27.8 Å². The third kappa shape index (κ3) is 3.82. The van der Waals surface area contributed by atoms with Crippen molar-refractivity contribution in [2.75, 3.05) is 7.05 Å². The maximum atomic E-state index is 13.2. The number of hydrogen-bond donors (Lipinski definition) is 2. The van der Waals surface area contributed by atoms with Gasteiger partial charge in [-0.05, 0) is 31.2 Å². The number of hydrazone groups is 1. The van der Waals surface area contributed by atoms with E-state index >= 15 is 0 Å². The Labute approximate surface area is 179 Å². The summed E-state index contributed by atoms with van der Waals surface area (Å²) >= 11 is 0. The smallest absolute Gasteiger partial charge is 0.333 e. The van der Waals surface area contributed by atoms with E-state index in [1.54, 1.807) is 16.2 Å². The first-order valence-electron chi connectivity index (χ1n) is 9.98. The summed E-state index contributed by atoms with van der Waals surface area (Å²) in [5.41, 5.74) is 10.0. The van der Waals surface area contributed by atoms with Gasteiger partial charge < -0.3 is 10.3 Å². The van der Waals surface area contributed by atoms with Crippen molar-refractivity contribution in [2.24, 2.45) is 16.7 Å². The molecule has 0 atom stereocenters. The van der Waals surface area contributed by atoms with Crippen LogP contribution in [0.1, 0.15) is 19.2 Å². The summed E-state index contributed by atoms with van der Waals surface area (Å²) in [4.78, 5) is 18.0. The van der Waals surface area contributed by atoms with Gasteiger partial charge in [-0.3, -0.25) is 9.13 Å². The molecule has 2 heterocycles. The molecule has 0 radical (unpaired) electrons. The summed E-state index contributed by atoms with van der Waals surface area (Å²) in [7, 11) is 1.62. The minimum absolute atomic E-state index is 0.141. The SMILES string of the molecule is C=C(C)n1c(=O)n(Cc2nc3ccccc3n2CC/C(N)=N/N(C)N)c2ccccc21. The van der Waals surface area contributed by atoms with E-state index in [2.05, 4.69) is 16.2 Å². The number of amidine groups is 1. The predicted molar refractivity (Wildman–Crippen MR) is 124 cm³/mol. The van der Waals surface area contributed by atoms with E-state index in [4.69, 9.17) is 16.6 Å². The molecule has 0 fully saturated rings. The number of hydrogen-bond acceptors (Lipinski definition) is 5. The second kappa shape index (κ2) is 8.11. The van der Waals surface area contributed by atoms with Crippen LogP contribution in [0.5, 0.6) is 0 Å². The molecule has 0 saturated carbocycles.